The summed E-state index contributed by atoms with van der Waals surface area (Å²) in [5.41, 5.74) is 1.35. The second-order valence-electron chi connectivity index (χ2n) is 3.95. The van der Waals surface area contributed by atoms with Crippen molar-refractivity contribution in [2.75, 3.05) is 11.9 Å². The Balaban J connectivity index is 2.35. The van der Waals surface area contributed by atoms with E-state index in [2.05, 4.69) is 5.32 Å². The van der Waals surface area contributed by atoms with Gasteiger partial charge in [-0.05, 0) is 12.1 Å². The molecule has 0 bridgehead atoms. The minimum Gasteiger partial charge on any atom is -0.387 e. The molecule has 2 N–H and O–H groups in total. The second kappa shape index (κ2) is 5.93. The number of aliphatic hydroxyl groups excluding tert-OH is 1. The normalized spacial score (nSPS) is 9.95. The molecular formula is C15H13NO3. The van der Waals surface area contributed by atoms with Crippen LogP contribution in [0.1, 0.15) is 15.9 Å². The third kappa shape index (κ3) is 3.05. The number of hydrogen-bond donors (Lipinski definition) is 2. The van der Waals surface area contributed by atoms with Crippen molar-refractivity contribution in [2.45, 2.75) is 0 Å². The molecule has 0 heterocycles. The summed E-state index contributed by atoms with van der Waals surface area (Å²) < 4.78 is 0. The summed E-state index contributed by atoms with van der Waals surface area (Å²) in [5, 5.41) is 11.2. The van der Waals surface area contributed by atoms with E-state index in [9.17, 15) is 9.59 Å². The predicted molar refractivity (Wildman–Crippen MR) is 72.0 cm³/mol. The molecule has 0 aliphatic carbocycles. The fraction of sp³-hybridized carbons (Fsp3) is 0.0667. The maximum atomic E-state index is 12.3. The van der Waals surface area contributed by atoms with Crippen LogP contribution in [-0.2, 0) is 4.79 Å². The van der Waals surface area contributed by atoms with Crippen molar-refractivity contribution in [1.82, 2.24) is 0 Å². The number of aliphatic hydroxyl groups is 1. The summed E-state index contributed by atoms with van der Waals surface area (Å²) in [6, 6.07) is 15.5. The Morgan fingerprint density at radius 3 is 2.26 bits per heavy atom. The van der Waals surface area contributed by atoms with Gasteiger partial charge in [0.1, 0.15) is 6.61 Å². The van der Waals surface area contributed by atoms with Crippen LogP contribution in [0.2, 0.25) is 0 Å². The van der Waals surface area contributed by atoms with Crippen molar-refractivity contribution in [2.24, 2.45) is 0 Å². The van der Waals surface area contributed by atoms with Crippen LogP contribution in [0.4, 0.5) is 5.69 Å². The van der Waals surface area contributed by atoms with Gasteiger partial charge in [-0.25, -0.2) is 0 Å². The summed E-state index contributed by atoms with van der Waals surface area (Å²) in [6.45, 7) is -0.617. The number of nitrogens with one attached hydrogen (secondary N) is 1. The van der Waals surface area contributed by atoms with Crippen LogP contribution in [0.3, 0.4) is 0 Å². The Labute approximate surface area is 110 Å². The molecule has 0 fully saturated rings. The zero-order valence-corrected chi connectivity index (χ0v) is 10.2. The molecule has 2 aromatic carbocycles. The summed E-state index contributed by atoms with van der Waals surface area (Å²) in [7, 11) is 0. The highest BCUT2D eigenvalue weighted by Gasteiger charge is 2.14. The molecule has 0 radical (unpaired) electrons. The van der Waals surface area contributed by atoms with Crippen LogP contribution in [-0.4, -0.2) is 23.4 Å². The molecule has 0 atom stereocenters. The molecule has 0 spiro atoms. The largest absolute Gasteiger partial charge is 0.387 e. The van der Waals surface area contributed by atoms with Gasteiger partial charge in [-0.15, -0.1) is 0 Å². The Bertz CT molecular complexity index is 593. The van der Waals surface area contributed by atoms with Gasteiger partial charge >= 0.3 is 0 Å². The second-order valence-corrected chi connectivity index (χ2v) is 3.95. The molecule has 1 amide bonds. The molecule has 0 saturated carbocycles. The van der Waals surface area contributed by atoms with Crippen molar-refractivity contribution in [1.29, 1.82) is 0 Å². The average molecular weight is 255 g/mol. The Morgan fingerprint density at radius 2 is 1.58 bits per heavy atom. The Morgan fingerprint density at radius 1 is 0.947 bits per heavy atom. The zero-order valence-electron chi connectivity index (χ0n) is 10.2. The molecule has 96 valence electrons. The highest BCUT2D eigenvalue weighted by molar-refractivity contribution is 6.13. The van der Waals surface area contributed by atoms with Gasteiger partial charge in [-0.1, -0.05) is 42.5 Å². The first kappa shape index (κ1) is 13.0. The average Bonchev–Trinajstić information content (AvgIpc) is 2.48. The number of carbonyl (C=O) groups excluding carboxylic acids is 2. The number of hydrogen-bond acceptors (Lipinski definition) is 3. The number of anilines is 1. The fourth-order valence-electron chi connectivity index (χ4n) is 1.72. The van der Waals surface area contributed by atoms with Gasteiger partial charge in [0.25, 0.3) is 0 Å². The van der Waals surface area contributed by atoms with Gasteiger partial charge in [0.2, 0.25) is 5.91 Å². The van der Waals surface area contributed by atoms with Crippen molar-refractivity contribution in [3.63, 3.8) is 0 Å². The van der Waals surface area contributed by atoms with Gasteiger partial charge in [-0.2, -0.15) is 0 Å². The Hall–Kier alpha value is -2.46. The minimum atomic E-state index is -0.617. The summed E-state index contributed by atoms with van der Waals surface area (Å²) in [5.74, 6) is -0.720. The highest BCUT2D eigenvalue weighted by Crippen LogP contribution is 2.19. The molecule has 2 rings (SSSR count). The minimum absolute atomic E-state index is 0.172. The van der Waals surface area contributed by atoms with Crippen LogP contribution >= 0.6 is 0 Å². The van der Waals surface area contributed by atoms with Crippen molar-refractivity contribution in [3.8, 4) is 0 Å². The summed E-state index contributed by atoms with van der Waals surface area (Å²) in [4.78, 5) is 23.5. The van der Waals surface area contributed by atoms with E-state index in [4.69, 9.17) is 5.11 Å². The van der Waals surface area contributed by atoms with Crippen LogP contribution < -0.4 is 5.32 Å². The molecule has 19 heavy (non-hydrogen) atoms. The number of benzene rings is 2. The van der Waals surface area contributed by atoms with Gasteiger partial charge in [0.15, 0.2) is 5.78 Å². The first-order chi connectivity index (χ1) is 9.22. The zero-order chi connectivity index (χ0) is 13.7. The lowest BCUT2D eigenvalue weighted by Gasteiger charge is -2.09. The first-order valence-corrected chi connectivity index (χ1v) is 5.82. The quantitative estimate of drug-likeness (QED) is 0.819. The molecular weight excluding hydrogens is 242 g/mol. The molecule has 0 saturated heterocycles. The maximum Gasteiger partial charge on any atom is 0.250 e. The van der Waals surface area contributed by atoms with E-state index < -0.39 is 12.5 Å². The fourth-order valence-corrected chi connectivity index (χ4v) is 1.72. The van der Waals surface area contributed by atoms with E-state index in [1.54, 1.807) is 48.5 Å². The van der Waals surface area contributed by atoms with Gasteiger partial charge in [-0.3, -0.25) is 9.59 Å². The van der Waals surface area contributed by atoms with E-state index in [1.165, 1.54) is 0 Å². The lowest BCUT2D eigenvalue weighted by atomic mass is 10.0. The van der Waals surface area contributed by atoms with Crippen LogP contribution in [0.5, 0.6) is 0 Å². The highest BCUT2D eigenvalue weighted by atomic mass is 16.3. The van der Waals surface area contributed by atoms with Crippen LogP contribution in [0.15, 0.2) is 54.6 Å². The van der Waals surface area contributed by atoms with Crippen molar-refractivity contribution in [3.05, 3.63) is 65.7 Å². The summed E-state index contributed by atoms with van der Waals surface area (Å²) in [6.07, 6.45) is 0. The van der Waals surface area contributed by atoms with Crippen LogP contribution in [0, 0.1) is 0 Å². The standard InChI is InChI=1S/C15H13NO3/c17-10-14(18)16-13-9-5-4-8-12(13)15(19)11-6-2-1-3-7-11/h1-9,17H,10H2,(H,16,18). The number of amides is 1. The third-order valence-electron chi connectivity index (χ3n) is 2.63. The van der Waals surface area contributed by atoms with E-state index in [0.717, 1.165) is 0 Å². The van der Waals surface area contributed by atoms with E-state index in [-0.39, 0.29) is 5.78 Å². The van der Waals surface area contributed by atoms with Crippen molar-refractivity contribution >= 4 is 17.4 Å². The molecule has 0 unspecified atom stereocenters. The lowest BCUT2D eigenvalue weighted by Crippen LogP contribution is -2.17. The monoisotopic (exact) mass is 255 g/mol. The SMILES string of the molecule is O=C(CO)Nc1ccccc1C(=O)c1ccccc1. The Kier molecular flexibility index (Phi) is 4.05. The van der Waals surface area contributed by atoms with E-state index in [1.807, 2.05) is 6.07 Å². The first-order valence-electron chi connectivity index (χ1n) is 5.82. The molecule has 2 aromatic rings. The molecule has 0 aromatic heterocycles. The maximum absolute atomic E-state index is 12.3. The predicted octanol–water partition coefficient (Wildman–Crippen LogP) is 1.85. The topological polar surface area (TPSA) is 66.4 Å². The van der Waals surface area contributed by atoms with Crippen molar-refractivity contribution < 1.29 is 14.7 Å². The molecule has 0 aliphatic rings. The van der Waals surface area contributed by atoms with Gasteiger partial charge in [0.05, 0.1) is 5.69 Å². The number of ketones is 1. The molecule has 0 aliphatic heterocycles. The third-order valence-corrected chi connectivity index (χ3v) is 2.63. The molecule has 4 nitrogen and oxygen atoms in total. The van der Waals surface area contributed by atoms with Gasteiger partial charge < -0.3 is 10.4 Å². The van der Waals surface area contributed by atoms with Gasteiger partial charge in [0, 0.05) is 11.1 Å². The number of para-hydroxylation sites is 1. The van der Waals surface area contributed by atoms with Crippen LogP contribution in [0.25, 0.3) is 0 Å². The van der Waals surface area contributed by atoms with E-state index >= 15 is 0 Å². The molecule has 4 heteroatoms. The summed E-state index contributed by atoms with van der Waals surface area (Å²) >= 11 is 0. The lowest BCUT2D eigenvalue weighted by molar-refractivity contribution is -0.118. The van der Waals surface area contributed by atoms with E-state index in [0.29, 0.717) is 16.8 Å². The smallest absolute Gasteiger partial charge is 0.250 e. The number of carbonyl (C=O) groups is 2. The number of rotatable bonds is 4.